The molecule has 3 nitrogen and oxygen atoms in total. The van der Waals surface area contributed by atoms with E-state index in [0.717, 1.165) is 25.0 Å². The average Bonchev–Trinajstić information content (AvgIpc) is 2.84. The predicted octanol–water partition coefficient (Wildman–Crippen LogP) is 2.28. The van der Waals surface area contributed by atoms with Gasteiger partial charge in [0.2, 0.25) is 5.91 Å². The zero-order valence-corrected chi connectivity index (χ0v) is 12.8. The van der Waals surface area contributed by atoms with Gasteiger partial charge in [-0.25, -0.2) is 0 Å². The summed E-state index contributed by atoms with van der Waals surface area (Å²) in [4.78, 5) is 14.2. The van der Waals surface area contributed by atoms with Gasteiger partial charge in [0.05, 0.1) is 0 Å². The predicted molar refractivity (Wildman–Crippen MR) is 80.3 cm³/mol. The Balaban J connectivity index is 0.00000162. The fourth-order valence-electron chi connectivity index (χ4n) is 2.89. The first-order chi connectivity index (χ1) is 8.18. The number of nitrogens with two attached hydrogens (primary N) is 1. The smallest absolute Gasteiger partial charge is 0.222 e. The number of hydrogen-bond donors (Lipinski definition) is 1. The average molecular weight is 293 g/mol. The van der Waals surface area contributed by atoms with Crippen LogP contribution in [-0.2, 0) is 4.79 Å². The Bertz CT molecular complexity index is 272. The number of carbonyl (C=O) groups is 1. The summed E-state index contributed by atoms with van der Waals surface area (Å²) < 4.78 is 0. The van der Waals surface area contributed by atoms with Crippen molar-refractivity contribution in [2.75, 3.05) is 18.6 Å². The maximum absolute atomic E-state index is 12.2. The van der Waals surface area contributed by atoms with Crippen molar-refractivity contribution in [2.45, 2.75) is 50.6 Å². The van der Waals surface area contributed by atoms with Crippen LogP contribution < -0.4 is 5.73 Å². The molecule has 18 heavy (non-hydrogen) atoms. The van der Waals surface area contributed by atoms with Crippen LogP contribution in [0, 0.1) is 5.92 Å². The minimum Gasteiger partial charge on any atom is -0.342 e. The van der Waals surface area contributed by atoms with Gasteiger partial charge in [-0.3, -0.25) is 4.79 Å². The lowest BCUT2D eigenvalue weighted by atomic mass is 9.82. The van der Waals surface area contributed by atoms with E-state index in [1.54, 1.807) is 0 Å². The zero-order valence-electron chi connectivity index (χ0n) is 11.1. The molecule has 1 heterocycles. The largest absolute Gasteiger partial charge is 0.342 e. The summed E-state index contributed by atoms with van der Waals surface area (Å²) in [7, 11) is 1.97. The van der Waals surface area contributed by atoms with Gasteiger partial charge in [-0.2, -0.15) is 11.8 Å². The van der Waals surface area contributed by atoms with Gasteiger partial charge in [-0.05, 0) is 30.9 Å². The third-order valence-electron chi connectivity index (χ3n) is 4.25. The van der Waals surface area contributed by atoms with Gasteiger partial charge in [0.15, 0.2) is 0 Å². The normalized spacial score (nSPS) is 31.8. The molecule has 2 N–H and O–H groups in total. The molecule has 106 valence electrons. The molecule has 1 saturated heterocycles. The molecule has 2 aliphatic rings. The summed E-state index contributed by atoms with van der Waals surface area (Å²) in [6.45, 7) is 0. The first-order valence-electron chi connectivity index (χ1n) is 6.77. The fourth-order valence-corrected chi connectivity index (χ4v) is 4.16. The molecule has 1 aliphatic carbocycles. The van der Waals surface area contributed by atoms with Gasteiger partial charge < -0.3 is 10.6 Å². The van der Waals surface area contributed by atoms with E-state index in [2.05, 4.69) is 0 Å². The van der Waals surface area contributed by atoms with Crippen LogP contribution in [0.25, 0.3) is 0 Å². The number of thioether (sulfide) groups is 1. The minimum atomic E-state index is 0. The van der Waals surface area contributed by atoms with Gasteiger partial charge in [0.1, 0.15) is 0 Å². The van der Waals surface area contributed by atoms with Crippen LogP contribution in [0.4, 0.5) is 0 Å². The van der Waals surface area contributed by atoms with E-state index >= 15 is 0 Å². The second-order valence-electron chi connectivity index (χ2n) is 5.43. The SMILES string of the molecule is CN(C(=O)CC1CCCCC1N)C1CCSC1.Cl. The third kappa shape index (κ3) is 4.04. The van der Waals surface area contributed by atoms with Gasteiger partial charge in [0, 0.05) is 31.3 Å². The minimum absolute atomic E-state index is 0. The highest BCUT2D eigenvalue weighted by Crippen LogP contribution is 2.27. The molecule has 2 fully saturated rings. The summed E-state index contributed by atoms with van der Waals surface area (Å²) in [6, 6.07) is 0.714. The molecule has 5 heteroatoms. The molecule has 1 saturated carbocycles. The number of hydrogen-bond acceptors (Lipinski definition) is 3. The van der Waals surface area contributed by atoms with Gasteiger partial charge in [-0.1, -0.05) is 12.8 Å². The summed E-state index contributed by atoms with van der Waals surface area (Å²) in [5, 5.41) is 0. The van der Waals surface area contributed by atoms with E-state index in [1.165, 1.54) is 18.6 Å². The van der Waals surface area contributed by atoms with E-state index in [0.29, 0.717) is 24.3 Å². The van der Waals surface area contributed by atoms with Crippen LogP contribution in [0.1, 0.15) is 38.5 Å². The first kappa shape index (κ1) is 16.1. The van der Waals surface area contributed by atoms with E-state index in [1.807, 2.05) is 23.7 Å². The molecule has 0 aromatic rings. The number of nitrogens with zero attached hydrogens (tertiary/aromatic N) is 1. The van der Waals surface area contributed by atoms with Crippen molar-refractivity contribution in [2.24, 2.45) is 11.7 Å². The van der Waals surface area contributed by atoms with E-state index in [-0.39, 0.29) is 18.4 Å². The first-order valence-corrected chi connectivity index (χ1v) is 7.93. The summed E-state index contributed by atoms with van der Waals surface area (Å²) in [5.41, 5.74) is 6.11. The molecule has 3 unspecified atom stereocenters. The third-order valence-corrected chi connectivity index (χ3v) is 5.40. The quantitative estimate of drug-likeness (QED) is 0.868. The Hall–Kier alpha value is 0.0700. The molecular formula is C13H25ClN2OS. The zero-order chi connectivity index (χ0) is 12.3. The lowest BCUT2D eigenvalue weighted by Gasteiger charge is -2.31. The van der Waals surface area contributed by atoms with E-state index in [9.17, 15) is 4.79 Å². The molecule has 2 rings (SSSR count). The van der Waals surface area contributed by atoms with E-state index < -0.39 is 0 Å². The number of rotatable bonds is 3. The van der Waals surface area contributed by atoms with Gasteiger partial charge in [-0.15, -0.1) is 12.4 Å². The number of amides is 1. The summed E-state index contributed by atoms with van der Waals surface area (Å²) >= 11 is 1.96. The topological polar surface area (TPSA) is 46.3 Å². The summed E-state index contributed by atoms with van der Waals surface area (Å²) in [6.07, 6.45) is 6.54. The fraction of sp³-hybridized carbons (Fsp3) is 0.923. The molecular weight excluding hydrogens is 268 g/mol. The Morgan fingerprint density at radius 1 is 1.33 bits per heavy atom. The van der Waals surface area contributed by atoms with Crippen LogP contribution in [-0.4, -0.2) is 41.4 Å². The molecule has 0 aromatic heterocycles. The number of halogens is 1. The lowest BCUT2D eigenvalue weighted by molar-refractivity contribution is -0.132. The van der Waals surface area contributed by atoms with Crippen molar-refractivity contribution >= 4 is 30.1 Å². The standard InChI is InChI=1S/C13H24N2OS.ClH/c1-15(11-6-7-17-9-11)13(16)8-10-4-2-3-5-12(10)14;/h10-12H,2-9,14H2,1H3;1H. The number of carbonyl (C=O) groups excluding carboxylic acids is 1. The molecule has 0 spiro atoms. The van der Waals surface area contributed by atoms with Crippen LogP contribution >= 0.6 is 24.2 Å². The molecule has 3 atom stereocenters. The Morgan fingerprint density at radius 2 is 2.06 bits per heavy atom. The van der Waals surface area contributed by atoms with Crippen molar-refractivity contribution in [3.63, 3.8) is 0 Å². The van der Waals surface area contributed by atoms with Crippen molar-refractivity contribution in [3.8, 4) is 0 Å². The maximum Gasteiger partial charge on any atom is 0.222 e. The second kappa shape index (κ2) is 7.61. The van der Waals surface area contributed by atoms with Crippen molar-refractivity contribution in [1.82, 2.24) is 4.90 Å². The Kier molecular flexibility index (Phi) is 6.82. The molecule has 0 bridgehead atoms. The molecule has 1 amide bonds. The second-order valence-corrected chi connectivity index (χ2v) is 6.58. The molecule has 1 aliphatic heterocycles. The van der Waals surface area contributed by atoms with E-state index in [4.69, 9.17) is 5.73 Å². The van der Waals surface area contributed by atoms with Crippen molar-refractivity contribution in [3.05, 3.63) is 0 Å². The molecule has 0 aromatic carbocycles. The highest BCUT2D eigenvalue weighted by Gasteiger charge is 2.28. The Labute approximate surface area is 121 Å². The van der Waals surface area contributed by atoms with Gasteiger partial charge in [0.25, 0.3) is 0 Å². The van der Waals surface area contributed by atoms with Crippen LogP contribution in [0.15, 0.2) is 0 Å². The van der Waals surface area contributed by atoms with Crippen LogP contribution in [0.2, 0.25) is 0 Å². The van der Waals surface area contributed by atoms with Crippen molar-refractivity contribution in [1.29, 1.82) is 0 Å². The highest BCUT2D eigenvalue weighted by molar-refractivity contribution is 7.99. The maximum atomic E-state index is 12.2. The highest BCUT2D eigenvalue weighted by atomic mass is 35.5. The monoisotopic (exact) mass is 292 g/mol. The van der Waals surface area contributed by atoms with Crippen LogP contribution in [0.3, 0.4) is 0 Å². The van der Waals surface area contributed by atoms with Gasteiger partial charge >= 0.3 is 0 Å². The summed E-state index contributed by atoms with van der Waals surface area (Å²) in [5.74, 6) is 3.04. The van der Waals surface area contributed by atoms with Crippen molar-refractivity contribution < 1.29 is 4.79 Å². The van der Waals surface area contributed by atoms with Crippen LogP contribution in [0.5, 0.6) is 0 Å². The Morgan fingerprint density at radius 3 is 2.67 bits per heavy atom. The molecule has 0 radical (unpaired) electrons. The lowest BCUT2D eigenvalue weighted by Crippen LogP contribution is -2.41.